The molecule has 2 atom stereocenters. The monoisotopic (exact) mass is 198 g/mol. The Labute approximate surface area is 84.4 Å². The standard InChI is InChI=1S/C11H18O3/c12-10(8-4-2-1-3-5-8)9-6-7-14-11(9)13/h8-10,12H,1-7H2/t9-,10-/m1/s1. The van der Waals surface area contributed by atoms with Crippen LogP contribution in [0.25, 0.3) is 0 Å². The quantitative estimate of drug-likeness (QED) is 0.684. The molecule has 1 saturated heterocycles. The highest BCUT2D eigenvalue weighted by Crippen LogP contribution is 2.32. The fourth-order valence-corrected chi connectivity index (χ4v) is 2.63. The van der Waals surface area contributed by atoms with Gasteiger partial charge >= 0.3 is 5.97 Å². The van der Waals surface area contributed by atoms with Gasteiger partial charge in [-0.3, -0.25) is 4.79 Å². The van der Waals surface area contributed by atoms with Crippen molar-refractivity contribution in [2.75, 3.05) is 6.61 Å². The first-order chi connectivity index (χ1) is 6.79. The van der Waals surface area contributed by atoms with Gasteiger partial charge in [0.15, 0.2) is 0 Å². The molecule has 1 aliphatic carbocycles. The zero-order valence-corrected chi connectivity index (χ0v) is 8.45. The average Bonchev–Trinajstić information content (AvgIpc) is 2.65. The first-order valence-corrected chi connectivity index (χ1v) is 5.64. The molecule has 3 heteroatoms. The van der Waals surface area contributed by atoms with Gasteiger partial charge in [-0.2, -0.15) is 0 Å². The molecule has 2 aliphatic rings. The number of carbonyl (C=O) groups excluding carboxylic acids is 1. The molecular formula is C11H18O3. The lowest BCUT2D eigenvalue weighted by Crippen LogP contribution is -2.33. The zero-order chi connectivity index (χ0) is 9.97. The Hall–Kier alpha value is -0.570. The Balaban J connectivity index is 1.92. The van der Waals surface area contributed by atoms with Gasteiger partial charge in [0.1, 0.15) is 0 Å². The van der Waals surface area contributed by atoms with Gasteiger partial charge in [-0.1, -0.05) is 19.3 Å². The molecule has 3 nitrogen and oxygen atoms in total. The molecule has 0 aromatic carbocycles. The molecule has 2 fully saturated rings. The fourth-order valence-electron chi connectivity index (χ4n) is 2.63. The van der Waals surface area contributed by atoms with E-state index < -0.39 is 6.10 Å². The van der Waals surface area contributed by atoms with Gasteiger partial charge in [-0.15, -0.1) is 0 Å². The van der Waals surface area contributed by atoms with Crippen LogP contribution in [0.15, 0.2) is 0 Å². The molecule has 80 valence electrons. The fraction of sp³-hybridized carbons (Fsp3) is 0.909. The van der Waals surface area contributed by atoms with Crippen LogP contribution in [0.1, 0.15) is 38.5 Å². The molecule has 0 spiro atoms. The maximum absolute atomic E-state index is 11.3. The minimum atomic E-state index is -0.453. The van der Waals surface area contributed by atoms with Gasteiger partial charge in [0, 0.05) is 0 Å². The van der Waals surface area contributed by atoms with Crippen LogP contribution in [0.5, 0.6) is 0 Å². The van der Waals surface area contributed by atoms with E-state index in [1.165, 1.54) is 19.3 Å². The molecule has 2 rings (SSSR count). The molecule has 0 bridgehead atoms. The summed E-state index contributed by atoms with van der Waals surface area (Å²) in [7, 11) is 0. The predicted octanol–water partition coefficient (Wildman–Crippen LogP) is 1.49. The third kappa shape index (κ3) is 1.92. The van der Waals surface area contributed by atoms with Crippen molar-refractivity contribution < 1.29 is 14.6 Å². The van der Waals surface area contributed by atoms with E-state index in [-0.39, 0.29) is 11.9 Å². The van der Waals surface area contributed by atoms with Crippen molar-refractivity contribution in [2.24, 2.45) is 11.8 Å². The van der Waals surface area contributed by atoms with E-state index in [0.29, 0.717) is 18.9 Å². The molecule has 0 aromatic heterocycles. The summed E-state index contributed by atoms with van der Waals surface area (Å²) in [6, 6.07) is 0. The molecule has 1 heterocycles. The molecule has 1 N–H and O–H groups in total. The molecule has 0 unspecified atom stereocenters. The maximum atomic E-state index is 11.3. The molecule has 1 aliphatic heterocycles. The third-order valence-corrected chi connectivity index (χ3v) is 3.52. The Morgan fingerprint density at radius 2 is 1.93 bits per heavy atom. The summed E-state index contributed by atoms with van der Waals surface area (Å²) >= 11 is 0. The highest BCUT2D eigenvalue weighted by Gasteiger charge is 2.37. The number of rotatable bonds is 2. The summed E-state index contributed by atoms with van der Waals surface area (Å²) in [6.45, 7) is 0.493. The summed E-state index contributed by atoms with van der Waals surface area (Å²) in [5.74, 6) is -0.0967. The van der Waals surface area contributed by atoms with E-state index in [4.69, 9.17) is 4.74 Å². The number of ether oxygens (including phenoxy) is 1. The first kappa shape index (κ1) is 9.97. The van der Waals surface area contributed by atoms with Crippen LogP contribution in [0.3, 0.4) is 0 Å². The highest BCUT2D eigenvalue weighted by molar-refractivity contribution is 5.74. The largest absolute Gasteiger partial charge is 0.465 e. The van der Waals surface area contributed by atoms with Gasteiger partial charge in [-0.05, 0) is 25.2 Å². The summed E-state index contributed by atoms with van der Waals surface area (Å²) in [6.07, 6.45) is 6.07. The van der Waals surface area contributed by atoms with Crippen molar-refractivity contribution in [2.45, 2.75) is 44.6 Å². The average molecular weight is 198 g/mol. The van der Waals surface area contributed by atoms with E-state index in [2.05, 4.69) is 0 Å². The molecule has 0 radical (unpaired) electrons. The predicted molar refractivity (Wildman–Crippen MR) is 51.6 cm³/mol. The smallest absolute Gasteiger partial charge is 0.311 e. The van der Waals surface area contributed by atoms with Crippen LogP contribution in [-0.2, 0) is 9.53 Å². The Morgan fingerprint density at radius 1 is 1.21 bits per heavy atom. The topological polar surface area (TPSA) is 46.5 Å². The second-order valence-corrected chi connectivity index (χ2v) is 4.45. The SMILES string of the molecule is O=C1OCC[C@@H]1[C@H](O)C1CCCCC1. The van der Waals surface area contributed by atoms with E-state index in [1.807, 2.05) is 0 Å². The minimum absolute atomic E-state index is 0.192. The van der Waals surface area contributed by atoms with Crippen LogP contribution in [0.2, 0.25) is 0 Å². The third-order valence-electron chi connectivity index (χ3n) is 3.52. The number of cyclic esters (lactones) is 1. The molecule has 1 saturated carbocycles. The highest BCUT2D eigenvalue weighted by atomic mass is 16.5. The van der Waals surface area contributed by atoms with Crippen molar-refractivity contribution in [3.8, 4) is 0 Å². The lowest BCUT2D eigenvalue weighted by Gasteiger charge is -2.28. The van der Waals surface area contributed by atoms with Crippen LogP contribution in [0, 0.1) is 11.8 Å². The number of aliphatic hydroxyl groups excluding tert-OH is 1. The van der Waals surface area contributed by atoms with E-state index in [0.717, 1.165) is 12.8 Å². The lowest BCUT2D eigenvalue weighted by atomic mass is 9.80. The van der Waals surface area contributed by atoms with Gasteiger partial charge in [-0.25, -0.2) is 0 Å². The second-order valence-electron chi connectivity index (χ2n) is 4.45. The minimum Gasteiger partial charge on any atom is -0.465 e. The van der Waals surface area contributed by atoms with Crippen molar-refractivity contribution in [3.05, 3.63) is 0 Å². The first-order valence-electron chi connectivity index (χ1n) is 5.64. The molecule has 0 amide bonds. The van der Waals surface area contributed by atoms with Crippen LogP contribution in [-0.4, -0.2) is 23.8 Å². The summed E-state index contributed by atoms with van der Waals surface area (Å²) in [4.78, 5) is 11.3. The van der Waals surface area contributed by atoms with Crippen LogP contribution < -0.4 is 0 Å². The van der Waals surface area contributed by atoms with Crippen molar-refractivity contribution in [1.29, 1.82) is 0 Å². The number of hydrogen-bond acceptors (Lipinski definition) is 3. The van der Waals surface area contributed by atoms with E-state index in [1.54, 1.807) is 0 Å². The number of aliphatic hydroxyl groups is 1. The zero-order valence-electron chi connectivity index (χ0n) is 8.45. The second kappa shape index (κ2) is 4.30. The number of hydrogen-bond donors (Lipinski definition) is 1. The maximum Gasteiger partial charge on any atom is 0.311 e. The normalized spacial score (nSPS) is 31.5. The lowest BCUT2D eigenvalue weighted by molar-refractivity contribution is -0.145. The van der Waals surface area contributed by atoms with Crippen molar-refractivity contribution in [3.63, 3.8) is 0 Å². The van der Waals surface area contributed by atoms with Crippen LogP contribution >= 0.6 is 0 Å². The van der Waals surface area contributed by atoms with E-state index in [9.17, 15) is 9.90 Å². The van der Waals surface area contributed by atoms with Crippen molar-refractivity contribution in [1.82, 2.24) is 0 Å². The van der Waals surface area contributed by atoms with Gasteiger partial charge in [0.2, 0.25) is 0 Å². The van der Waals surface area contributed by atoms with E-state index >= 15 is 0 Å². The molecule has 14 heavy (non-hydrogen) atoms. The van der Waals surface area contributed by atoms with Gasteiger partial charge < -0.3 is 9.84 Å². The number of esters is 1. The molecule has 0 aromatic rings. The van der Waals surface area contributed by atoms with Crippen LogP contribution in [0.4, 0.5) is 0 Å². The number of carbonyl (C=O) groups is 1. The summed E-state index contributed by atoms with van der Waals surface area (Å²) in [5.41, 5.74) is 0. The van der Waals surface area contributed by atoms with Gasteiger partial charge in [0.05, 0.1) is 18.6 Å². The Bertz CT molecular complexity index is 209. The Morgan fingerprint density at radius 3 is 2.50 bits per heavy atom. The molecular weight excluding hydrogens is 180 g/mol. The Kier molecular flexibility index (Phi) is 3.06. The summed E-state index contributed by atoms with van der Waals surface area (Å²) < 4.78 is 4.88. The van der Waals surface area contributed by atoms with Gasteiger partial charge in [0.25, 0.3) is 0 Å². The van der Waals surface area contributed by atoms with Crippen molar-refractivity contribution >= 4 is 5.97 Å². The summed E-state index contributed by atoms with van der Waals surface area (Å²) in [5, 5.41) is 10.0.